The SMILES string of the molecule is O=S(=O)(O)CC[CH]c1ccc(C(F)(F)F)cc1. The predicted octanol–water partition coefficient (Wildman–Crippen LogP) is 2.54. The maximum atomic E-state index is 12.2. The Hall–Kier alpha value is -1.08. The summed E-state index contributed by atoms with van der Waals surface area (Å²) in [5.41, 5.74) is -0.286. The molecule has 1 N–H and O–H groups in total. The smallest absolute Gasteiger partial charge is 0.286 e. The van der Waals surface area contributed by atoms with Crippen LogP contribution in [-0.4, -0.2) is 18.7 Å². The fourth-order valence-electron chi connectivity index (χ4n) is 1.18. The van der Waals surface area contributed by atoms with Gasteiger partial charge in [-0.15, -0.1) is 0 Å². The van der Waals surface area contributed by atoms with Gasteiger partial charge in [0.05, 0.1) is 11.3 Å². The number of hydrogen-bond acceptors (Lipinski definition) is 2. The molecule has 0 atom stereocenters. The Balaban J connectivity index is 2.58. The average molecular weight is 267 g/mol. The van der Waals surface area contributed by atoms with Crippen molar-refractivity contribution in [2.45, 2.75) is 12.6 Å². The van der Waals surface area contributed by atoms with Crippen LogP contribution in [0.15, 0.2) is 24.3 Å². The molecular weight excluding hydrogens is 257 g/mol. The average Bonchev–Trinajstić information content (AvgIpc) is 2.15. The highest BCUT2D eigenvalue weighted by atomic mass is 32.2. The van der Waals surface area contributed by atoms with Crippen molar-refractivity contribution in [1.29, 1.82) is 0 Å². The van der Waals surface area contributed by atoms with E-state index in [0.717, 1.165) is 12.1 Å². The van der Waals surface area contributed by atoms with Gasteiger partial charge in [0, 0.05) is 0 Å². The molecule has 0 fully saturated rings. The summed E-state index contributed by atoms with van der Waals surface area (Å²) in [6.07, 6.45) is -2.90. The van der Waals surface area contributed by atoms with Gasteiger partial charge < -0.3 is 0 Å². The molecule has 0 heterocycles. The first-order valence-electron chi connectivity index (χ1n) is 4.64. The first-order chi connectivity index (χ1) is 7.68. The van der Waals surface area contributed by atoms with E-state index in [1.807, 2.05) is 0 Å². The Kier molecular flexibility index (Phi) is 4.16. The van der Waals surface area contributed by atoms with Gasteiger partial charge in [0.1, 0.15) is 0 Å². The van der Waals surface area contributed by atoms with Gasteiger partial charge in [0.2, 0.25) is 0 Å². The molecule has 0 saturated heterocycles. The first kappa shape index (κ1) is 14.0. The number of halogens is 3. The van der Waals surface area contributed by atoms with Crippen LogP contribution >= 0.6 is 0 Å². The molecule has 0 aliphatic rings. The van der Waals surface area contributed by atoms with Gasteiger partial charge in [0.25, 0.3) is 10.1 Å². The third-order valence-corrected chi connectivity index (χ3v) is 2.75. The molecule has 0 saturated carbocycles. The van der Waals surface area contributed by atoms with Crippen LogP contribution in [0.25, 0.3) is 0 Å². The molecule has 1 radical (unpaired) electrons. The molecule has 1 rings (SSSR count). The van der Waals surface area contributed by atoms with Crippen molar-refractivity contribution in [3.8, 4) is 0 Å². The van der Waals surface area contributed by atoms with E-state index in [1.54, 1.807) is 0 Å². The molecule has 1 aromatic carbocycles. The second kappa shape index (κ2) is 5.05. The summed E-state index contributed by atoms with van der Waals surface area (Å²) < 4.78 is 65.9. The van der Waals surface area contributed by atoms with E-state index in [4.69, 9.17) is 4.55 Å². The van der Waals surface area contributed by atoms with Crippen molar-refractivity contribution >= 4 is 10.1 Å². The molecule has 0 bridgehead atoms. The zero-order chi connectivity index (χ0) is 13.1. The lowest BCUT2D eigenvalue weighted by Crippen LogP contribution is -2.05. The van der Waals surface area contributed by atoms with Crippen LogP contribution in [0.1, 0.15) is 17.5 Å². The minimum atomic E-state index is -4.38. The topological polar surface area (TPSA) is 54.4 Å². The van der Waals surface area contributed by atoms with Crippen LogP contribution in [-0.2, 0) is 16.3 Å². The minimum Gasteiger partial charge on any atom is -0.286 e. The van der Waals surface area contributed by atoms with Crippen LogP contribution in [0.2, 0.25) is 0 Å². The van der Waals surface area contributed by atoms with Gasteiger partial charge in [-0.3, -0.25) is 4.55 Å². The van der Waals surface area contributed by atoms with Gasteiger partial charge >= 0.3 is 6.18 Å². The van der Waals surface area contributed by atoms with Crippen LogP contribution in [0.4, 0.5) is 13.2 Å². The van der Waals surface area contributed by atoms with Crippen LogP contribution in [0.3, 0.4) is 0 Å². The predicted molar refractivity (Wildman–Crippen MR) is 55.9 cm³/mol. The number of benzene rings is 1. The second-order valence-corrected chi connectivity index (χ2v) is 4.97. The lowest BCUT2D eigenvalue weighted by atomic mass is 10.1. The van der Waals surface area contributed by atoms with E-state index in [0.29, 0.717) is 5.56 Å². The molecule has 3 nitrogen and oxygen atoms in total. The molecule has 0 unspecified atom stereocenters. The zero-order valence-electron chi connectivity index (χ0n) is 8.61. The standard InChI is InChI=1S/C10H10F3O3S/c11-10(12,13)9-5-3-8(4-6-9)2-1-7-17(14,15)16/h2-6H,1,7H2,(H,14,15,16). The van der Waals surface area contributed by atoms with Gasteiger partial charge in [-0.2, -0.15) is 21.6 Å². The van der Waals surface area contributed by atoms with Crippen LogP contribution in [0, 0.1) is 6.42 Å². The molecule has 1 aromatic rings. The molecular formula is C10H10F3O3S. The molecule has 7 heteroatoms. The van der Waals surface area contributed by atoms with E-state index >= 15 is 0 Å². The summed E-state index contributed by atoms with van der Waals surface area (Å²) in [6, 6.07) is 4.32. The first-order valence-corrected chi connectivity index (χ1v) is 6.25. The molecule has 0 aliphatic heterocycles. The van der Waals surface area contributed by atoms with E-state index < -0.39 is 27.6 Å². The highest BCUT2D eigenvalue weighted by Crippen LogP contribution is 2.29. The van der Waals surface area contributed by atoms with Crippen molar-refractivity contribution in [2.24, 2.45) is 0 Å². The molecule has 0 aliphatic carbocycles. The highest BCUT2D eigenvalue weighted by Gasteiger charge is 2.29. The van der Waals surface area contributed by atoms with Gasteiger partial charge in [-0.1, -0.05) is 12.1 Å². The lowest BCUT2D eigenvalue weighted by Gasteiger charge is -2.07. The van der Waals surface area contributed by atoms with E-state index in [9.17, 15) is 21.6 Å². The fraction of sp³-hybridized carbons (Fsp3) is 0.300. The number of rotatable bonds is 4. The summed E-state index contributed by atoms with van der Waals surface area (Å²) in [5.74, 6) is -0.450. The molecule has 0 aromatic heterocycles. The molecule has 17 heavy (non-hydrogen) atoms. The molecule has 95 valence electrons. The van der Waals surface area contributed by atoms with Gasteiger partial charge in [-0.05, 0) is 30.5 Å². The second-order valence-electron chi connectivity index (χ2n) is 3.40. The monoisotopic (exact) mass is 267 g/mol. The third kappa shape index (κ3) is 5.18. The van der Waals surface area contributed by atoms with Crippen molar-refractivity contribution in [2.75, 3.05) is 5.75 Å². The summed E-state index contributed by atoms with van der Waals surface area (Å²) >= 11 is 0. The Morgan fingerprint density at radius 3 is 2.12 bits per heavy atom. The van der Waals surface area contributed by atoms with E-state index in [2.05, 4.69) is 0 Å². The molecule has 0 amide bonds. The fourth-order valence-corrected chi connectivity index (χ4v) is 1.60. The van der Waals surface area contributed by atoms with E-state index in [-0.39, 0.29) is 6.42 Å². The van der Waals surface area contributed by atoms with Gasteiger partial charge in [-0.25, -0.2) is 0 Å². The third-order valence-electron chi connectivity index (χ3n) is 1.99. The van der Waals surface area contributed by atoms with Crippen molar-refractivity contribution in [3.05, 3.63) is 41.8 Å². The Bertz CT molecular complexity index is 463. The minimum absolute atomic E-state index is 0.0458. The summed E-state index contributed by atoms with van der Waals surface area (Å²) in [6.45, 7) is 0. The lowest BCUT2D eigenvalue weighted by molar-refractivity contribution is -0.137. The number of hydrogen-bond donors (Lipinski definition) is 1. The zero-order valence-corrected chi connectivity index (χ0v) is 9.42. The summed E-state index contributed by atoms with van der Waals surface area (Å²) in [4.78, 5) is 0. The number of alkyl halides is 3. The maximum Gasteiger partial charge on any atom is 0.416 e. The van der Waals surface area contributed by atoms with Crippen molar-refractivity contribution in [1.82, 2.24) is 0 Å². The van der Waals surface area contributed by atoms with Crippen LogP contribution < -0.4 is 0 Å². The Labute approximate surface area is 97.0 Å². The van der Waals surface area contributed by atoms with Crippen molar-refractivity contribution in [3.63, 3.8) is 0 Å². The molecule has 0 spiro atoms. The van der Waals surface area contributed by atoms with E-state index in [1.165, 1.54) is 18.6 Å². The Morgan fingerprint density at radius 2 is 1.71 bits per heavy atom. The summed E-state index contributed by atoms with van der Waals surface area (Å²) in [5, 5.41) is 0. The highest BCUT2D eigenvalue weighted by molar-refractivity contribution is 7.85. The quantitative estimate of drug-likeness (QED) is 0.853. The normalized spacial score (nSPS) is 12.7. The largest absolute Gasteiger partial charge is 0.416 e. The van der Waals surface area contributed by atoms with Gasteiger partial charge in [0.15, 0.2) is 0 Å². The summed E-state index contributed by atoms with van der Waals surface area (Å²) in [7, 11) is -4.04. The Morgan fingerprint density at radius 1 is 1.18 bits per heavy atom. The van der Waals surface area contributed by atoms with Crippen molar-refractivity contribution < 1.29 is 26.1 Å². The van der Waals surface area contributed by atoms with Crippen LogP contribution in [0.5, 0.6) is 0 Å². The maximum absolute atomic E-state index is 12.2.